The standard InChI is InChI=1S/C14H22N2O2/c1-4-11(2)13(15)14(17)16(3)18-10-12-8-6-5-7-9-12/h5-9,11,13H,4,10,15H2,1-3H3/t11-,13-/m0/s1. The van der Waals surface area contributed by atoms with Crippen molar-refractivity contribution in [1.29, 1.82) is 0 Å². The van der Waals surface area contributed by atoms with Gasteiger partial charge in [-0.05, 0) is 11.5 Å². The third-order valence-corrected chi connectivity index (χ3v) is 3.12. The van der Waals surface area contributed by atoms with E-state index >= 15 is 0 Å². The van der Waals surface area contributed by atoms with E-state index in [1.165, 1.54) is 5.06 Å². The summed E-state index contributed by atoms with van der Waals surface area (Å²) in [4.78, 5) is 17.3. The molecule has 0 unspecified atom stereocenters. The minimum Gasteiger partial charge on any atom is -0.320 e. The Morgan fingerprint density at radius 3 is 2.56 bits per heavy atom. The number of nitrogens with zero attached hydrogens (tertiary/aromatic N) is 1. The maximum Gasteiger partial charge on any atom is 0.263 e. The molecule has 0 aliphatic rings. The number of carbonyl (C=O) groups is 1. The zero-order chi connectivity index (χ0) is 13.5. The number of amides is 1. The molecule has 0 saturated carbocycles. The second-order valence-corrected chi connectivity index (χ2v) is 4.51. The molecule has 0 aliphatic heterocycles. The average Bonchev–Trinajstić information content (AvgIpc) is 2.43. The molecule has 1 rings (SSSR count). The Hall–Kier alpha value is -1.39. The summed E-state index contributed by atoms with van der Waals surface area (Å²) in [6.45, 7) is 4.35. The highest BCUT2D eigenvalue weighted by Gasteiger charge is 2.23. The van der Waals surface area contributed by atoms with Crippen molar-refractivity contribution in [2.75, 3.05) is 7.05 Å². The molecule has 0 fully saturated rings. The fourth-order valence-corrected chi connectivity index (χ4v) is 1.52. The van der Waals surface area contributed by atoms with Gasteiger partial charge in [0.2, 0.25) is 0 Å². The summed E-state index contributed by atoms with van der Waals surface area (Å²) in [5, 5.41) is 1.24. The summed E-state index contributed by atoms with van der Waals surface area (Å²) in [5.41, 5.74) is 6.89. The first-order valence-electron chi connectivity index (χ1n) is 6.26. The zero-order valence-electron chi connectivity index (χ0n) is 11.3. The molecule has 0 aromatic heterocycles. The maximum atomic E-state index is 11.9. The number of hydrogen-bond acceptors (Lipinski definition) is 3. The number of carbonyl (C=O) groups excluding carboxylic acids is 1. The van der Waals surface area contributed by atoms with E-state index in [0.29, 0.717) is 6.61 Å². The fourth-order valence-electron chi connectivity index (χ4n) is 1.52. The number of likely N-dealkylation sites (N-methyl/N-ethyl adjacent to an activating group) is 1. The summed E-state index contributed by atoms with van der Waals surface area (Å²) in [7, 11) is 1.60. The maximum absolute atomic E-state index is 11.9. The number of rotatable bonds is 6. The van der Waals surface area contributed by atoms with Crippen LogP contribution >= 0.6 is 0 Å². The first-order valence-corrected chi connectivity index (χ1v) is 6.26. The fraction of sp³-hybridized carbons (Fsp3) is 0.500. The predicted molar refractivity (Wildman–Crippen MR) is 71.4 cm³/mol. The average molecular weight is 250 g/mol. The van der Waals surface area contributed by atoms with E-state index < -0.39 is 6.04 Å². The van der Waals surface area contributed by atoms with Gasteiger partial charge in [-0.15, -0.1) is 0 Å². The second kappa shape index (κ2) is 7.13. The van der Waals surface area contributed by atoms with E-state index in [2.05, 4.69) is 0 Å². The molecule has 0 spiro atoms. The summed E-state index contributed by atoms with van der Waals surface area (Å²) in [5.74, 6) is -0.0273. The Morgan fingerprint density at radius 1 is 1.39 bits per heavy atom. The van der Waals surface area contributed by atoms with Gasteiger partial charge in [-0.2, -0.15) is 0 Å². The van der Waals surface area contributed by atoms with Crippen molar-refractivity contribution in [3.63, 3.8) is 0 Å². The smallest absolute Gasteiger partial charge is 0.263 e. The topological polar surface area (TPSA) is 55.6 Å². The van der Waals surface area contributed by atoms with Gasteiger partial charge < -0.3 is 5.73 Å². The van der Waals surface area contributed by atoms with Crippen LogP contribution in [0.5, 0.6) is 0 Å². The lowest BCUT2D eigenvalue weighted by atomic mass is 9.99. The highest BCUT2D eigenvalue weighted by Crippen LogP contribution is 2.09. The molecule has 4 heteroatoms. The summed E-state index contributed by atoms with van der Waals surface area (Å²) in [6.07, 6.45) is 0.874. The van der Waals surface area contributed by atoms with Crippen molar-refractivity contribution in [3.05, 3.63) is 35.9 Å². The molecule has 0 bridgehead atoms. The second-order valence-electron chi connectivity index (χ2n) is 4.51. The van der Waals surface area contributed by atoms with Crippen LogP contribution in [0.25, 0.3) is 0 Å². The molecular formula is C14H22N2O2. The Morgan fingerprint density at radius 2 is 2.00 bits per heavy atom. The summed E-state index contributed by atoms with van der Waals surface area (Å²) >= 11 is 0. The summed E-state index contributed by atoms with van der Waals surface area (Å²) < 4.78 is 0. The van der Waals surface area contributed by atoms with Gasteiger partial charge in [-0.25, -0.2) is 5.06 Å². The van der Waals surface area contributed by atoms with Crippen molar-refractivity contribution in [2.24, 2.45) is 11.7 Å². The van der Waals surface area contributed by atoms with Crippen LogP contribution in [0.15, 0.2) is 30.3 Å². The van der Waals surface area contributed by atoms with Crippen LogP contribution in [0.3, 0.4) is 0 Å². The van der Waals surface area contributed by atoms with E-state index in [4.69, 9.17) is 10.6 Å². The Bertz CT molecular complexity index is 367. The largest absolute Gasteiger partial charge is 0.320 e. The minimum atomic E-state index is -0.504. The number of nitrogens with two attached hydrogens (primary N) is 1. The molecular weight excluding hydrogens is 228 g/mol. The van der Waals surface area contributed by atoms with Gasteiger partial charge in [0.25, 0.3) is 5.91 Å². The first kappa shape index (κ1) is 14.7. The third kappa shape index (κ3) is 4.13. The molecule has 0 radical (unpaired) electrons. The molecule has 2 atom stereocenters. The lowest BCUT2D eigenvalue weighted by Gasteiger charge is -2.23. The van der Waals surface area contributed by atoms with Crippen molar-refractivity contribution < 1.29 is 9.63 Å². The molecule has 4 nitrogen and oxygen atoms in total. The van der Waals surface area contributed by atoms with Crippen LogP contribution in [-0.2, 0) is 16.2 Å². The van der Waals surface area contributed by atoms with E-state index in [-0.39, 0.29) is 11.8 Å². The van der Waals surface area contributed by atoms with Crippen LogP contribution in [0, 0.1) is 5.92 Å². The predicted octanol–water partition coefficient (Wildman–Crippen LogP) is 1.95. The molecule has 2 N–H and O–H groups in total. The van der Waals surface area contributed by atoms with Crippen molar-refractivity contribution in [1.82, 2.24) is 5.06 Å². The van der Waals surface area contributed by atoms with Crippen LogP contribution < -0.4 is 5.73 Å². The number of hydrogen-bond donors (Lipinski definition) is 1. The van der Waals surface area contributed by atoms with Gasteiger partial charge in [0.05, 0.1) is 6.04 Å². The normalized spacial score (nSPS) is 14.0. The number of hydroxylamine groups is 2. The molecule has 1 amide bonds. The summed E-state index contributed by atoms with van der Waals surface area (Å²) in [6, 6.07) is 9.21. The van der Waals surface area contributed by atoms with Crippen LogP contribution in [-0.4, -0.2) is 24.1 Å². The van der Waals surface area contributed by atoms with Gasteiger partial charge in [0.1, 0.15) is 6.61 Å². The van der Waals surface area contributed by atoms with Gasteiger partial charge in [0, 0.05) is 7.05 Å². The lowest BCUT2D eigenvalue weighted by Crippen LogP contribution is -2.45. The van der Waals surface area contributed by atoms with Crippen LogP contribution in [0.1, 0.15) is 25.8 Å². The molecule has 1 aromatic carbocycles. The Balaban J connectivity index is 2.45. The van der Waals surface area contributed by atoms with Crippen molar-refractivity contribution >= 4 is 5.91 Å². The molecule has 100 valence electrons. The van der Waals surface area contributed by atoms with Gasteiger partial charge in [0.15, 0.2) is 0 Å². The van der Waals surface area contributed by atoms with E-state index in [1.807, 2.05) is 44.2 Å². The SMILES string of the molecule is CC[C@H](C)[C@H](N)C(=O)N(C)OCc1ccccc1. The molecule has 0 saturated heterocycles. The van der Waals surface area contributed by atoms with Gasteiger partial charge >= 0.3 is 0 Å². The highest BCUT2D eigenvalue weighted by atomic mass is 16.7. The Labute approximate surface area is 109 Å². The lowest BCUT2D eigenvalue weighted by molar-refractivity contribution is -0.185. The van der Waals surface area contributed by atoms with Crippen molar-refractivity contribution in [3.8, 4) is 0 Å². The van der Waals surface area contributed by atoms with E-state index in [1.54, 1.807) is 7.05 Å². The van der Waals surface area contributed by atoms with Crippen LogP contribution in [0.4, 0.5) is 0 Å². The first-order chi connectivity index (χ1) is 8.56. The van der Waals surface area contributed by atoms with Gasteiger partial charge in [-0.3, -0.25) is 9.63 Å². The van der Waals surface area contributed by atoms with E-state index in [0.717, 1.165) is 12.0 Å². The Kier molecular flexibility index (Phi) is 5.82. The third-order valence-electron chi connectivity index (χ3n) is 3.12. The minimum absolute atomic E-state index is 0.153. The molecule has 18 heavy (non-hydrogen) atoms. The van der Waals surface area contributed by atoms with E-state index in [9.17, 15) is 4.79 Å². The molecule has 1 aromatic rings. The van der Waals surface area contributed by atoms with Crippen molar-refractivity contribution in [2.45, 2.75) is 32.9 Å². The number of benzene rings is 1. The monoisotopic (exact) mass is 250 g/mol. The quantitative estimate of drug-likeness (QED) is 0.785. The van der Waals surface area contributed by atoms with Crippen LogP contribution in [0.2, 0.25) is 0 Å². The highest BCUT2D eigenvalue weighted by molar-refractivity contribution is 5.80. The zero-order valence-corrected chi connectivity index (χ0v) is 11.3. The molecule has 0 heterocycles. The molecule has 0 aliphatic carbocycles. The van der Waals surface area contributed by atoms with Gasteiger partial charge in [-0.1, -0.05) is 50.6 Å².